The van der Waals surface area contributed by atoms with E-state index in [1.165, 1.54) is 19.3 Å². The lowest BCUT2D eigenvalue weighted by atomic mass is 9.89. The van der Waals surface area contributed by atoms with E-state index in [9.17, 15) is 4.79 Å². The Morgan fingerprint density at radius 2 is 1.95 bits per heavy atom. The fourth-order valence-electron chi connectivity index (χ4n) is 2.69. The first-order chi connectivity index (χ1) is 9.74. The smallest absolute Gasteiger partial charge is 0.363 e. The lowest BCUT2D eigenvalue weighted by Gasteiger charge is -2.19. The summed E-state index contributed by atoms with van der Waals surface area (Å²) < 4.78 is 5.33. The molecule has 0 spiro atoms. The number of carbonyl (C=O) groups is 1. The van der Waals surface area contributed by atoms with E-state index in [-0.39, 0.29) is 5.97 Å². The van der Waals surface area contributed by atoms with Gasteiger partial charge in [-0.05, 0) is 30.5 Å². The third kappa shape index (κ3) is 2.78. The van der Waals surface area contributed by atoms with Crippen molar-refractivity contribution in [2.75, 3.05) is 0 Å². The van der Waals surface area contributed by atoms with Crippen LogP contribution >= 0.6 is 11.6 Å². The van der Waals surface area contributed by atoms with Gasteiger partial charge in [0, 0.05) is 10.9 Å². The van der Waals surface area contributed by atoms with Crippen LogP contribution in [0.1, 0.15) is 37.7 Å². The van der Waals surface area contributed by atoms with E-state index < -0.39 is 0 Å². The number of hydrogen-bond donors (Lipinski definition) is 0. The summed E-state index contributed by atoms with van der Waals surface area (Å²) in [7, 11) is 0. The second-order valence-electron chi connectivity index (χ2n) is 5.23. The van der Waals surface area contributed by atoms with Crippen LogP contribution in [0.25, 0.3) is 6.08 Å². The molecule has 1 heterocycles. The summed E-state index contributed by atoms with van der Waals surface area (Å²) >= 11 is 6.09. The SMILES string of the molecule is O=C1OC(C2CCCCC2)=N/C1=C\c1ccccc1Cl. The van der Waals surface area contributed by atoms with Gasteiger partial charge in [0.25, 0.3) is 0 Å². The van der Waals surface area contributed by atoms with Crippen LogP contribution in [0.3, 0.4) is 0 Å². The van der Waals surface area contributed by atoms with Gasteiger partial charge in [-0.15, -0.1) is 0 Å². The van der Waals surface area contributed by atoms with Gasteiger partial charge in [-0.3, -0.25) is 0 Å². The van der Waals surface area contributed by atoms with Crippen molar-refractivity contribution in [3.63, 3.8) is 0 Å². The Morgan fingerprint density at radius 1 is 1.20 bits per heavy atom. The minimum Gasteiger partial charge on any atom is -0.406 e. The molecule has 3 nitrogen and oxygen atoms in total. The maximum absolute atomic E-state index is 11.9. The second-order valence-corrected chi connectivity index (χ2v) is 5.63. The maximum atomic E-state index is 11.9. The second kappa shape index (κ2) is 5.80. The summed E-state index contributed by atoms with van der Waals surface area (Å²) in [5.41, 5.74) is 1.13. The zero-order valence-electron chi connectivity index (χ0n) is 11.1. The van der Waals surface area contributed by atoms with Gasteiger partial charge in [-0.25, -0.2) is 9.79 Å². The van der Waals surface area contributed by atoms with E-state index in [2.05, 4.69) is 4.99 Å². The highest BCUT2D eigenvalue weighted by Gasteiger charge is 2.30. The molecule has 4 heteroatoms. The van der Waals surface area contributed by atoms with Gasteiger partial charge in [-0.2, -0.15) is 0 Å². The summed E-state index contributed by atoms with van der Waals surface area (Å²) in [6.45, 7) is 0. The normalized spacial score (nSPS) is 21.9. The number of benzene rings is 1. The first-order valence-corrected chi connectivity index (χ1v) is 7.39. The van der Waals surface area contributed by atoms with Crippen molar-refractivity contribution in [1.82, 2.24) is 0 Å². The Bertz CT molecular complexity index is 586. The quantitative estimate of drug-likeness (QED) is 0.604. The van der Waals surface area contributed by atoms with Crippen LogP contribution in [0.2, 0.25) is 5.02 Å². The number of cyclic esters (lactones) is 1. The maximum Gasteiger partial charge on any atom is 0.363 e. The topological polar surface area (TPSA) is 38.7 Å². The predicted octanol–water partition coefficient (Wildman–Crippen LogP) is 4.22. The van der Waals surface area contributed by atoms with E-state index >= 15 is 0 Å². The molecule has 2 aliphatic rings. The lowest BCUT2D eigenvalue weighted by Crippen LogP contribution is -2.19. The van der Waals surface area contributed by atoms with E-state index in [1.54, 1.807) is 12.1 Å². The Kier molecular flexibility index (Phi) is 3.88. The molecular weight excluding hydrogens is 274 g/mol. The highest BCUT2D eigenvalue weighted by atomic mass is 35.5. The molecule has 0 saturated heterocycles. The van der Waals surface area contributed by atoms with Crippen LogP contribution in [0.15, 0.2) is 35.0 Å². The average Bonchev–Trinajstić information content (AvgIpc) is 2.84. The first kappa shape index (κ1) is 13.4. The Balaban J connectivity index is 1.85. The minimum absolute atomic E-state index is 0.296. The number of hydrogen-bond acceptors (Lipinski definition) is 3. The molecule has 20 heavy (non-hydrogen) atoms. The molecule has 0 atom stereocenters. The van der Waals surface area contributed by atoms with E-state index in [0.29, 0.717) is 22.5 Å². The first-order valence-electron chi connectivity index (χ1n) is 7.01. The lowest BCUT2D eigenvalue weighted by molar-refractivity contribution is -0.130. The number of carbonyl (C=O) groups excluding carboxylic acids is 1. The summed E-state index contributed by atoms with van der Waals surface area (Å²) in [6.07, 6.45) is 7.45. The van der Waals surface area contributed by atoms with Crippen LogP contribution in [0, 0.1) is 5.92 Å². The molecule has 1 aliphatic carbocycles. The molecule has 1 fully saturated rings. The molecule has 1 aliphatic heterocycles. The van der Waals surface area contributed by atoms with Gasteiger partial charge in [0.1, 0.15) is 0 Å². The van der Waals surface area contributed by atoms with Gasteiger partial charge in [-0.1, -0.05) is 49.1 Å². The van der Waals surface area contributed by atoms with Gasteiger partial charge in [0.05, 0.1) is 0 Å². The zero-order valence-corrected chi connectivity index (χ0v) is 11.9. The van der Waals surface area contributed by atoms with Crippen molar-refractivity contribution >= 4 is 29.5 Å². The molecule has 0 radical (unpaired) electrons. The van der Waals surface area contributed by atoms with Crippen molar-refractivity contribution in [2.45, 2.75) is 32.1 Å². The van der Waals surface area contributed by atoms with E-state index in [4.69, 9.17) is 16.3 Å². The van der Waals surface area contributed by atoms with Crippen molar-refractivity contribution in [3.05, 3.63) is 40.5 Å². The number of nitrogens with zero attached hydrogens (tertiary/aromatic N) is 1. The molecule has 0 N–H and O–H groups in total. The fourth-order valence-corrected chi connectivity index (χ4v) is 2.88. The predicted molar refractivity (Wildman–Crippen MR) is 79.5 cm³/mol. The standard InChI is InChI=1S/C16H16ClNO2/c17-13-9-5-4-8-12(13)10-14-16(19)20-15(18-14)11-6-2-1-3-7-11/h4-5,8-11H,1-3,6-7H2/b14-10-. The van der Waals surface area contributed by atoms with E-state index in [0.717, 1.165) is 18.4 Å². The van der Waals surface area contributed by atoms with E-state index in [1.807, 2.05) is 18.2 Å². The Hall–Kier alpha value is -1.61. The number of esters is 1. The molecule has 0 amide bonds. The fraction of sp³-hybridized carbons (Fsp3) is 0.375. The van der Waals surface area contributed by atoms with Crippen molar-refractivity contribution in [3.8, 4) is 0 Å². The van der Waals surface area contributed by atoms with Crippen LogP contribution in [0.4, 0.5) is 0 Å². The van der Waals surface area contributed by atoms with Crippen LogP contribution in [-0.2, 0) is 9.53 Å². The number of ether oxygens (including phenoxy) is 1. The Labute approximate surface area is 123 Å². The number of rotatable bonds is 2. The van der Waals surface area contributed by atoms with Gasteiger partial charge < -0.3 is 4.74 Å². The van der Waals surface area contributed by atoms with Crippen LogP contribution in [0.5, 0.6) is 0 Å². The highest BCUT2D eigenvalue weighted by Crippen LogP contribution is 2.29. The molecular formula is C16H16ClNO2. The summed E-state index contributed by atoms with van der Waals surface area (Å²) in [4.78, 5) is 16.3. The molecule has 1 aromatic rings. The van der Waals surface area contributed by atoms with Crippen LogP contribution < -0.4 is 0 Å². The molecule has 0 bridgehead atoms. The summed E-state index contributed by atoms with van der Waals surface area (Å²) in [6, 6.07) is 7.38. The molecule has 0 unspecified atom stereocenters. The number of halogens is 1. The minimum atomic E-state index is -0.370. The summed E-state index contributed by atoms with van der Waals surface area (Å²) in [5.74, 6) is 0.517. The van der Waals surface area contributed by atoms with Crippen LogP contribution in [-0.4, -0.2) is 11.9 Å². The monoisotopic (exact) mass is 289 g/mol. The highest BCUT2D eigenvalue weighted by molar-refractivity contribution is 6.32. The average molecular weight is 290 g/mol. The van der Waals surface area contributed by atoms with Gasteiger partial charge >= 0.3 is 5.97 Å². The largest absolute Gasteiger partial charge is 0.406 e. The third-order valence-electron chi connectivity index (χ3n) is 3.79. The Morgan fingerprint density at radius 3 is 2.70 bits per heavy atom. The van der Waals surface area contributed by atoms with Crippen molar-refractivity contribution in [2.24, 2.45) is 10.9 Å². The molecule has 1 aromatic carbocycles. The zero-order chi connectivity index (χ0) is 13.9. The van der Waals surface area contributed by atoms with Crippen molar-refractivity contribution < 1.29 is 9.53 Å². The van der Waals surface area contributed by atoms with Gasteiger partial charge in [0.2, 0.25) is 5.90 Å². The molecule has 1 saturated carbocycles. The molecule has 104 valence electrons. The molecule has 0 aromatic heterocycles. The summed E-state index contributed by atoms with van der Waals surface area (Å²) in [5, 5.41) is 0.606. The van der Waals surface area contributed by atoms with Gasteiger partial charge in [0.15, 0.2) is 5.70 Å². The number of aliphatic imine (C=N–C) groups is 1. The third-order valence-corrected chi connectivity index (χ3v) is 4.13. The molecule has 3 rings (SSSR count). The van der Waals surface area contributed by atoms with Crippen molar-refractivity contribution in [1.29, 1.82) is 0 Å².